The van der Waals surface area contributed by atoms with Gasteiger partial charge in [-0.3, -0.25) is 0 Å². The van der Waals surface area contributed by atoms with E-state index in [2.05, 4.69) is 21.9 Å². The van der Waals surface area contributed by atoms with Gasteiger partial charge in [-0.1, -0.05) is 6.92 Å². The van der Waals surface area contributed by atoms with Crippen molar-refractivity contribution in [1.29, 1.82) is 0 Å². The van der Waals surface area contributed by atoms with Crippen molar-refractivity contribution in [2.45, 2.75) is 25.8 Å². The number of hydrogen-bond donors (Lipinski definition) is 2. The van der Waals surface area contributed by atoms with Gasteiger partial charge in [-0.05, 0) is 19.1 Å². The van der Waals surface area contributed by atoms with Gasteiger partial charge in [0.15, 0.2) is 5.65 Å². The van der Waals surface area contributed by atoms with Crippen LogP contribution < -0.4 is 5.73 Å². The maximum absolute atomic E-state index is 5.81. The van der Waals surface area contributed by atoms with Crippen LogP contribution in [0, 0.1) is 0 Å². The predicted octanol–water partition coefficient (Wildman–Crippen LogP) is 1.41. The summed E-state index contributed by atoms with van der Waals surface area (Å²) in [4.78, 5) is 11.8. The lowest BCUT2D eigenvalue weighted by Gasteiger charge is -2.11. The van der Waals surface area contributed by atoms with Gasteiger partial charge in [0.1, 0.15) is 5.82 Å². The van der Waals surface area contributed by atoms with Crippen molar-refractivity contribution in [3.05, 3.63) is 24.2 Å². The first kappa shape index (κ1) is 9.15. The molecule has 0 saturated carbocycles. The van der Waals surface area contributed by atoms with Gasteiger partial charge in [0.2, 0.25) is 0 Å². The molecule has 2 aromatic heterocycles. The van der Waals surface area contributed by atoms with E-state index in [9.17, 15) is 0 Å². The molecule has 2 unspecified atom stereocenters. The van der Waals surface area contributed by atoms with Gasteiger partial charge >= 0.3 is 0 Å². The summed E-state index contributed by atoms with van der Waals surface area (Å²) in [6.07, 6.45) is 1.74. The Balaban J connectivity index is 2.45. The zero-order chi connectivity index (χ0) is 10.1. The average molecular weight is 190 g/mol. The number of aromatic nitrogens is 3. The lowest BCUT2D eigenvalue weighted by molar-refractivity contribution is 0.588. The van der Waals surface area contributed by atoms with Crippen LogP contribution in [0.2, 0.25) is 0 Å². The molecule has 0 bridgehead atoms. The molecule has 0 aliphatic rings. The smallest absolute Gasteiger partial charge is 0.177 e. The Labute approximate surface area is 82.6 Å². The fourth-order valence-electron chi connectivity index (χ4n) is 1.33. The molecule has 4 nitrogen and oxygen atoms in total. The average Bonchev–Trinajstić information content (AvgIpc) is 2.59. The third kappa shape index (κ3) is 1.48. The van der Waals surface area contributed by atoms with Crippen molar-refractivity contribution < 1.29 is 0 Å². The van der Waals surface area contributed by atoms with Crippen LogP contribution in [-0.2, 0) is 0 Å². The molecule has 74 valence electrons. The largest absolute Gasteiger partial charge is 0.340 e. The number of nitrogens with two attached hydrogens (primary N) is 1. The van der Waals surface area contributed by atoms with Crippen LogP contribution >= 0.6 is 0 Å². The summed E-state index contributed by atoms with van der Waals surface area (Å²) in [5.41, 5.74) is 7.54. The molecule has 0 fully saturated rings. The molecule has 0 radical (unpaired) electrons. The third-order valence-electron chi connectivity index (χ3n) is 2.50. The molecule has 2 aromatic rings. The van der Waals surface area contributed by atoms with E-state index in [0.717, 1.165) is 17.0 Å². The van der Waals surface area contributed by atoms with Crippen LogP contribution in [0.4, 0.5) is 0 Å². The Morgan fingerprint density at radius 2 is 2.21 bits per heavy atom. The molecule has 0 spiro atoms. The van der Waals surface area contributed by atoms with Crippen molar-refractivity contribution in [1.82, 2.24) is 15.0 Å². The van der Waals surface area contributed by atoms with E-state index in [1.807, 2.05) is 19.1 Å². The number of pyridine rings is 1. The van der Waals surface area contributed by atoms with Crippen molar-refractivity contribution in [3.63, 3.8) is 0 Å². The zero-order valence-corrected chi connectivity index (χ0v) is 8.36. The number of rotatable bonds is 2. The molecule has 2 atom stereocenters. The normalized spacial score (nSPS) is 15.6. The molecule has 0 amide bonds. The van der Waals surface area contributed by atoms with Gasteiger partial charge in [-0.2, -0.15) is 0 Å². The highest BCUT2D eigenvalue weighted by Crippen LogP contribution is 2.17. The molecular formula is C10H14N4. The fourth-order valence-corrected chi connectivity index (χ4v) is 1.33. The molecule has 0 aliphatic carbocycles. The van der Waals surface area contributed by atoms with Crippen molar-refractivity contribution in [2.75, 3.05) is 0 Å². The Hall–Kier alpha value is -1.42. The molecule has 2 rings (SSSR count). The number of hydrogen-bond acceptors (Lipinski definition) is 3. The number of imidazole rings is 1. The van der Waals surface area contributed by atoms with Gasteiger partial charge in [-0.25, -0.2) is 9.97 Å². The third-order valence-corrected chi connectivity index (χ3v) is 2.50. The molecule has 0 aromatic carbocycles. The minimum absolute atomic E-state index is 0.0931. The maximum Gasteiger partial charge on any atom is 0.177 e. The summed E-state index contributed by atoms with van der Waals surface area (Å²) in [5, 5.41) is 0. The van der Waals surface area contributed by atoms with Gasteiger partial charge in [-0.15, -0.1) is 0 Å². The van der Waals surface area contributed by atoms with Crippen LogP contribution in [0.3, 0.4) is 0 Å². The summed E-state index contributed by atoms with van der Waals surface area (Å²) in [6.45, 7) is 4.04. The Kier molecular flexibility index (Phi) is 2.21. The minimum Gasteiger partial charge on any atom is -0.340 e. The van der Waals surface area contributed by atoms with E-state index >= 15 is 0 Å². The first-order valence-electron chi connectivity index (χ1n) is 4.74. The van der Waals surface area contributed by atoms with E-state index in [1.165, 1.54) is 0 Å². The van der Waals surface area contributed by atoms with Gasteiger partial charge in [0, 0.05) is 18.2 Å². The summed E-state index contributed by atoms with van der Waals surface area (Å²) in [6, 6.07) is 3.95. The predicted molar refractivity (Wildman–Crippen MR) is 56.0 cm³/mol. The quantitative estimate of drug-likeness (QED) is 0.752. The summed E-state index contributed by atoms with van der Waals surface area (Å²) in [7, 11) is 0. The van der Waals surface area contributed by atoms with E-state index < -0.39 is 0 Å². The lowest BCUT2D eigenvalue weighted by atomic mass is 10.0. The van der Waals surface area contributed by atoms with E-state index in [-0.39, 0.29) is 12.0 Å². The number of H-pyrrole nitrogens is 1. The summed E-state index contributed by atoms with van der Waals surface area (Å²) >= 11 is 0. The van der Waals surface area contributed by atoms with Crippen LogP contribution in [-0.4, -0.2) is 21.0 Å². The highest BCUT2D eigenvalue weighted by atomic mass is 15.0. The van der Waals surface area contributed by atoms with Gasteiger partial charge in [0.25, 0.3) is 0 Å². The Morgan fingerprint density at radius 1 is 1.43 bits per heavy atom. The molecule has 4 heteroatoms. The van der Waals surface area contributed by atoms with Crippen LogP contribution in [0.25, 0.3) is 11.2 Å². The standard InChI is InChI=1S/C10H14N4/c1-6(7(2)11)9-13-8-4-3-5-12-10(8)14-9/h3-7H,11H2,1-2H3,(H,12,13,14). The lowest BCUT2D eigenvalue weighted by Crippen LogP contribution is -2.23. The van der Waals surface area contributed by atoms with E-state index in [1.54, 1.807) is 6.20 Å². The second-order valence-electron chi connectivity index (χ2n) is 3.64. The monoisotopic (exact) mass is 190 g/mol. The molecule has 0 aliphatic heterocycles. The first-order chi connectivity index (χ1) is 6.68. The number of fused-ring (bicyclic) bond motifs is 1. The second-order valence-corrected chi connectivity index (χ2v) is 3.64. The maximum atomic E-state index is 5.81. The molecule has 0 saturated heterocycles. The number of nitrogens with one attached hydrogen (secondary N) is 1. The molecular weight excluding hydrogens is 176 g/mol. The van der Waals surface area contributed by atoms with Crippen molar-refractivity contribution >= 4 is 11.2 Å². The molecule has 2 heterocycles. The topological polar surface area (TPSA) is 67.6 Å². The minimum atomic E-state index is 0.0931. The van der Waals surface area contributed by atoms with Gasteiger partial charge in [0.05, 0.1) is 5.52 Å². The van der Waals surface area contributed by atoms with Crippen LogP contribution in [0.15, 0.2) is 18.3 Å². The molecule has 3 N–H and O–H groups in total. The Morgan fingerprint density at radius 3 is 2.86 bits per heavy atom. The Bertz CT molecular complexity index is 399. The van der Waals surface area contributed by atoms with Crippen molar-refractivity contribution in [2.24, 2.45) is 5.73 Å². The highest BCUT2D eigenvalue weighted by molar-refractivity contribution is 5.70. The SMILES string of the molecule is CC(N)C(C)c1nc2ncccc2[nH]1. The highest BCUT2D eigenvalue weighted by Gasteiger charge is 2.14. The summed E-state index contributed by atoms with van der Waals surface area (Å²) < 4.78 is 0. The van der Waals surface area contributed by atoms with Crippen molar-refractivity contribution in [3.8, 4) is 0 Å². The zero-order valence-electron chi connectivity index (χ0n) is 8.36. The van der Waals surface area contributed by atoms with E-state index in [4.69, 9.17) is 5.73 Å². The second kappa shape index (κ2) is 3.38. The summed E-state index contributed by atoms with van der Waals surface area (Å²) in [5.74, 6) is 1.14. The number of nitrogens with zero attached hydrogens (tertiary/aromatic N) is 2. The van der Waals surface area contributed by atoms with Gasteiger partial charge < -0.3 is 10.7 Å². The fraction of sp³-hybridized carbons (Fsp3) is 0.400. The van der Waals surface area contributed by atoms with Crippen LogP contribution in [0.1, 0.15) is 25.6 Å². The molecule has 14 heavy (non-hydrogen) atoms. The first-order valence-corrected chi connectivity index (χ1v) is 4.74. The number of aromatic amines is 1. The van der Waals surface area contributed by atoms with E-state index in [0.29, 0.717) is 0 Å². The van der Waals surface area contributed by atoms with Crippen LogP contribution in [0.5, 0.6) is 0 Å².